The van der Waals surface area contributed by atoms with Gasteiger partial charge in [-0.05, 0) is 13.2 Å². The number of anilines is 2. The molecule has 0 saturated carbocycles. The topological polar surface area (TPSA) is 112 Å². The number of Topliss-reactive ketones (excluding diaryl/α,β-unsaturated/α-hetero) is 1. The number of piperazine rings is 1. The van der Waals surface area contributed by atoms with Crippen LogP contribution in [-0.2, 0) is 20.4 Å². The first-order chi connectivity index (χ1) is 15.0. The highest BCUT2D eigenvalue weighted by Crippen LogP contribution is 2.30. The number of hydrogen-bond donors (Lipinski definition) is 0. The van der Waals surface area contributed by atoms with Gasteiger partial charge in [0.05, 0.1) is 6.42 Å². The molecule has 2 aromatic rings. The Balaban J connectivity index is 1.63. The molecule has 0 radical (unpaired) electrons. The van der Waals surface area contributed by atoms with Gasteiger partial charge in [0.2, 0.25) is 11.9 Å². The molecule has 0 spiro atoms. The third kappa shape index (κ3) is 4.79. The number of fused-ring (bicyclic) bond motifs is 1. The van der Waals surface area contributed by atoms with Gasteiger partial charge in [-0.2, -0.15) is 4.98 Å². The van der Waals surface area contributed by atoms with E-state index in [4.69, 9.17) is 9.97 Å². The van der Waals surface area contributed by atoms with Crippen molar-refractivity contribution in [3.8, 4) is 0 Å². The number of hydrogen-bond acceptors (Lipinski definition) is 10. The zero-order valence-corrected chi connectivity index (χ0v) is 19.2. The van der Waals surface area contributed by atoms with Crippen molar-refractivity contribution in [3.05, 3.63) is 6.33 Å². The third-order valence-corrected chi connectivity index (χ3v) is 7.37. The molecular weight excluding hydrogens is 438 g/mol. The van der Waals surface area contributed by atoms with Gasteiger partial charge in [-0.25, -0.2) is 15.0 Å². The van der Waals surface area contributed by atoms with Crippen LogP contribution < -0.4 is 9.80 Å². The van der Waals surface area contributed by atoms with Crippen molar-refractivity contribution in [1.29, 1.82) is 0 Å². The molecule has 2 saturated heterocycles. The molecule has 2 fully saturated rings. The summed E-state index contributed by atoms with van der Waals surface area (Å²) in [5, 5.41) is 0.783. The fourth-order valence-electron chi connectivity index (χ4n) is 3.74. The molecule has 4 heterocycles. The molecule has 1 amide bonds. The maximum Gasteiger partial charge on any atom is 0.230 e. The normalized spacial score (nSPS) is 17.9. The Morgan fingerprint density at radius 3 is 2.35 bits per heavy atom. The molecule has 4 rings (SSSR count). The van der Waals surface area contributed by atoms with E-state index in [1.165, 1.54) is 25.0 Å². The van der Waals surface area contributed by atoms with Gasteiger partial charge in [0.1, 0.15) is 28.2 Å². The second-order valence-electron chi connectivity index (χ2n) is 7.51. The van der Waals surface area contributed by atoms with E-state index in [9.17, 15) is 13.8 Å². The predicted octanol–water partition coefficient (Wildman–Crippen LogP) is 0.338. The monoisotopic (exact) mass is 463 g/mol. The van der Waals surface area contributed by atoms with Gasteiger partial charge in [0.15, 0.2) is 5.82 Å². The minimum Gasteiger partial charge on any atom is -0.353 e. The Bertz CT molecular complexity index is 1020. The summed E-state index contributed by atoms with van der Waals surface area (Å²) in [5.74, 6) is 2.28. The van der Waals surface area contributed by atoms with Crippen LogP contribution in [0.2, 0.25) is 0 Å². The highest BCUT2D eigenvalue weighted by atomic mass is 32.2. The highest BCUT2D eigenvalue weighted by molar-refractivity contribution is 7.98. The molecule has 2 aliphatic rings. The number of amides is 1. The molecule has 0 aromatic carbocycles. The number of ketones is 1. The van der Waals surface area contributed by atoms with E-state index >= 15 is 0 Å². The highest BCUT2D eigenvalue weighted by Gasteiger charge is 2.27. The molecule has 0 aliphatic carbocycles. The van der Waals surface area contributed by atoms with E-state index in [0.29, 0.717) is 67.8 Å². The molecule has 2 aromatic heterocycles. The SMILES string of the molecule is CSc1ncnc2c(N3CCS(=O)CC3)nc(N3CCN(C(=O)CC(C)=O)CC3)nc12. The van der Waals surface area contributed by atoms with Gasteiger partial charge < -0.3 is 14.7 Å². The average molecular weight is 464 g/mol. The van der Waals surface area contributed by atoms with E-state index in [0.717, 1.165) is 10.8 Å². The van der Waals surface area contributed by atoms with E-state index in [1.54, 1.807) is 4.90 Å². The van der Waals surface area contributed by atoms with Crippen LogP contribution in [0.15, 0.2) is 11.4 Å². The molecule has 0 bridgehead atoms. The van der Waals surface area contributed by atoms with Crippen LogP contribution in [0.5, 0.6) is 0 Å². The van der Waals surface area contributed by atoms with Gasteiger partial charge in [-0.1, -0.05) is 0 Å². The van der Waals surface area contributed by atoms with E-state index in [2.05, 4.69) is 19.8 Å². The fourth-order valence-corrected chi connectivity index (χ4v) is 5.28. The lowest BCUT2D eigenvalue weighted by atomic mass is 10.2. The predicted molar refractivity (Wildman–Crippen MR) is 121 cm³/mol. The lowest BCUT2D eigenvalue weighted by Gasteiger charge is -2.35. The number of carbonyl (C=O) groups excluding carboxylic acids is 2. The maximum atomic E-state index is 12.2. The van der Waals surface area contributed by atoms with Crippen LogP contribution in [0.1, 0.15) is 13.3 Å². The molecule has 0 unspecified atom stereocenters. The van der Waals surface area contributed by atoms with Crippen LogP contribution >= 0.6 is 11.8 Å². The van der Waals surface area contributed by atoms with Gasteiger partial charge in [-0.3, -0.25) is 13.8 Å². The largest absolute Gasteiger partial charge is 0.353 e. The minimum absolute atomic E-state index is 0.0542. The zero-order valence-electron chi connectivity index (χ0n) is 17.6. The molecule has 2 aliphatic heterocycles. The molecule has 31 heavy (non-hydrogen) atoms. The molecule has 10 nitrogen and oxygen atoms in total. The lowest BCUT2D eigenvalue weighted by Crippen LogP contribution is -2.49. The summed E-state index contributed by atoms with van der Waals surface area (Å²) < 4.78 is 11.8. The van der Waals surface area contributed by atoms with Crippen LogP contribution in [0.25, 0.3) is 11.0 Å². The van der Waals surface area contributed by atoms with Crippen molar-refractivity contribution in [2.24, 2.45) is 0 Å². The minimum atomic E-state index is -0.791. The van der Waals surface area contributed by atoms with Gasteiger partial charge in [-0.15, -0.1) is 11.8 Å². The van der Waals surface area contributed by atoms with E-state index in [-0.39, 0.29) is 18.1 Å². The number of thioether (sulfide) groups is 1. The Labute approximate surface area is 187 Å². The summed E-state index contributed by atoms with van der Waals surface area (Å²) in [7, 11) is -0.791. The molecule has 12 heteroatoms. The van der Waals surface area contributed by atoms with Crippen LogP contribution in [0.4, 0.5) is 11.8 Å². The molecular formula is C19H25N7O3S2. The molecule has 166 valence electrons. The van der Waals surface area contributed by atoms with Crippen molar-refractivity contribution < 1.29 is 13.8 Å². The van der Waals surface area contributed by atoms with Gasteiger partial charge >= 0.3 is 0 Å². The van der Waals surface area contributed by atoms with E-state index in [1.807, 2.05) is 6.26 Å². The van der Waals surface area contributed by atoms with Gasteiger partial charge in [0, 0.05) is 61.6 Å². The summed E-state index contributed by atoms with van der Waals surface area (Å²) in [6.07, 6.45) is 3.43. The van der Waals surface area contributed by atoms with Crippen molar-refractivity contribution in [2.45, 2.75) is 18.4 Å². The Morgan fingerprint density at radius 2 is 1.71 bits per heavy atom. The van der Waals surface area contributed by atoms with Crippen molar-refractivity contribution in [3.63, 3.8) is 0 Å². The zero-order chi connectivity index (χ0) is 22.0. The average Bonchev–Trinajstić information content (AvgIpc) is 2.78. The van der Waals surface area contributed by atoms with Crippen LogP contribution in [0.3, 0.4) is 0 Å². The van der Waals surface area contributed by atoms with Crippen molar-refractivity contribution in [1.82, 2.24) is 24.8 Å². The number of aromatic nitrogens is 4. The van der Waals surface area contributed by atoms with Crippen molar-refractivity contribution in [2.75, 3.05) is 66.8 Å². The smallest absolute Gasteiger partial charge is 0.230 e. The maximum absolute atomic E-state index is 12.2. The molecule has 0 N–H and O–H groups in total. The quantitative estimate of drug-likeness (QED) is 0.349. The first-order valence-electron chi connectivity index (χ1n) is 10.1. The number of nitrogens with zero attached hydrogens (tertiary/aromatic N) is 7. The first kappa shape index (κ1) is 21.9. The summed E-state index contributed by atoms with van der Waals surface area (Å²) >= 11 is 1.51. The molecule has 0 atom stereocenters. The van der Waals surface area contributed by atoms with Gasteiger partial charge in [0.25, 0.3) is 0 Å². The fraction of sp³-hybridized carbons (Fsp3) is 0.579. The number of carbonyl (C=O) groups is 2. The number of rotatable bonds is 5. The van der Waals surface area contributed by atoms with Crippen LogP contribution in [-0.4, -0.2) is 97.8 Å². The summed E-state index contributed by atoms with van der Waals surface area (Å²) in [6.45, 7) is 4.95. The summed E-state index contributed by atoms with van der Waals surface area (Å²) in [5.41, 5.74) is 1.41. The Kier molecular flexibility index (Phi) is 6.65. The van der Waals surface area contributed by atoms with Crippen molar-refractivity contribution >= 4 is 57.1 Å². The van der Waals surface area contributed by atoms with Crippen LogP contribution in [0, 0.1) is 0 Å². The third-order valence-electron chi connectivity index (χ3n) is 5.40. The summed E-state index contributed by atoms with van der Waals surface area (Å²) in [6, 6.07) is 0. The Hall–Kier alpha value is -2.34. The lowest BCUT2D eigenvalue weighted by molar-refractivity contribution is -0.135. The first-order valence-corrected chi connectivity index (χ1v) is 12.9. The Morgan fingerprint density at radius 1 is 1.00 bits per heavy atom. The summed E-state index contributed by atoms with van der Waals surface area (Å²) in [4.78, 5) is 47.8. The second kappa shape index (κ2) is 9.43. The van der Waals surface area contributed by atoms with E-state index < -0.39 is 10.8 Å². The second-order valence-corrected chi connectivity index (χ2v) is 10.0. The standard InChI is InChI=1S/C19H25N7O3S2/c1-13(27)11-14(28)24-3-5-26(6-4-24)19-22-16-15(20-12-21-18(16)30-2)17(23-19)25-7-9-31(29)10-8-25/h12H,3-11H2,1-2H3.